The number of rotatable bonds is 8. The van der Waals surface area contributed by atoms with Crippen LogP contribution in [0.5, 0.6) is 0 Å². The zero-order chi connectivity index (χ0) is 14.3. The van der Waals surface area contributed by atoms with Crippen LogP contribution in [0.15, 0.2) is 0 Å². The van der Waals surface area contributed by atoms with Crippen LogP contribution in [-0.4, -0.2) is 54.6 Å². The summed E-state index contributed by atoms with van der Waals surface area (Å²) < 4.78 is 32.9. The molecule has 0 aliphatic carbocycles. The molecule has 0 saturated carbocycles. The largest absolute Gasteiger partial charge is 0.355 e. The first kappa shape index (κ1) is 17.5. The minimum absolute atomic E-state index is 0.0116. The second-order valence-corrected chi connectivity index (χ2v) is 8.48. The van der Waals surface area contributed by atoms with E-state index in [4.69, 9.17) is 5.73 Å². The second-order valence-electron chi connectivity index (χ2n) is 4.41. The molecule has 0 aromatic rings. The van der Waals surface area contributed by atoms with Crippen molar-refractivity contribution in [1.29, 1.82) is 0 Å². The van der Waals surface area contributed by atoms with Gasteiger partial charge in [-0.05, 0) is 12.8 Å². The van der Waals surface area contributed by atoms with Crippen LogP contribution in [0.3, 0.4) is 0 Å². The van der Waals surface area contributed by atoms with Gasteiger partial charge in [-0.3, -0.25) is 9.00 Å². The number of hydrogen-bond acceptors (Lipinski definition) is 5. The molecule has 3 unspecified atom stereocenters. The van der Waals surface area contributed by atoms with Gasteiger partial charge in [0.05, 0.1) is 11.8 Å². The first-order valence-electron chi connectivity index (χ1n) is 5.66. The normalized spacial score (nSPS) is 16.9. The van der Waals surface area contributed by atoms with Crippen molar-refractivity contribution >= 4 is 26.5 Å². The molecule has 108 valence electrons. The van der Waals surface area contributed by atoms with Gasteiger partial charge in [0, 0.05) is 35.1 Å². The van der Waals surface area contributed by atoms with Crippen molar-refractivity contribution in [3.05, 3.63) is 0 Å². The van der Waals surface area contributed by atoms with E-state index < -0.39 is 26.7 Å². The highest BCUT2D eigenvalue weighted by atomic mass is 32.2. The first-order chi connectivity index (χ1) is 8.13. The van der Waals surface area contributed by atoms with Crippen LogP contribution >= 0.6 is 0 Å². The predicted octanol–water partition coefficient (Wildman–Crippen LogP) is -0.978. The van der Waals surface area contributed by atoms with Crippen molar-refractivity contribution in [3.8, 4) is 0 Å². The molecule has 0 aromatic heterocycles. The molecule has 0 heterocycles. The zero-order valence-corrected chi connectivity index (χ0v) is 12.6. The molecule has 18 heavy (non-hydrogen) atoms. The summed E-state index contributed by atoms with van der Waals surface area (Å²) in [5, 5.41) is 2.62. The van der Waals surface area contributed by atoms with Gasteiger partial charge in [-0.1, -0.05) is 6.92 Å². The number of carbonyl (C=O) groups is 1. The van der Waals surface area contributed by atoms with Crippen LogP contribution in [0.25, 0.3) is 0 Å². The van der Waals surface area contributed by atoms with E-state index in [0.717, 1.165) is 6.26 Å². The highest BCUT2D eigenvalue weighted by Gasteiger charge is 2.16. The molecule has 0 fully saturated rings. The predicted molar refractivity (Wildman–Crippen MR) is 73.5 cm³/mol. The Morgan fingerprint density at radius 1 is 1.39 bits per heavy atom. The molecule has 3 N–H and O–H groups in total. The maximum atomic E-state index is 11.5. The van der Waals surface area contributed by atoms with E-state index in [1.165, 1.54) is 0 Å². The highest BCUT2D eigenvalue weighted by Crippen LogP contribution is 1.98. The minimum Gasteiger partial charge on any atom is -0.355 e. The lowest BCUT2D eigenvalue weighted by Gasteiger charge is -2.13. The van der Waals surface area contributed by atoms with Crippen molar-refractivity contribution in [1.82, 2.24) is 5.32 Å². The quantitative estimate of drug-likeness (QED) is 0.599. The molecule has 3 atom stereocenters. The molecular formula is C10H22N2O4S2. The third kappa shape index (κ3) is 8.60. The second kappa shape index (κ2) is 7.85. The molecule has 0 spiro atoms. The Kier molecular flexibility index (Phi) is 7.65. The van der Waals surface area contributed by atoms with Gasteiger partial charge in [0.25, 0.3) is 0 Å². The fourth-order valence-corrected chi connectivity index (χ4v) is 2.30. The van der Waals surface area contributed by atoms with Crippen molar-refractivity contribution in [2.75, 3.05) is 24.8 Å². The van der Waals surface area contributed by atoms with Crippen LogP contribution in [0.1, 0.15) is 19.8 Å². The van der Waals surface area contributed by atoms with Gasteiger partial charge in [0.1, 0.15) is 9.84 Å². The number of sulfone groups is 1. The van der Waals surface area contributed by atoms with Crippen LogP contribution in [0.2, 0.25) is 0 Å². The summed E-state index contributed by atoms with van der Waals surface area (Å²) in [5.74, 6) is -0.468. The van der Waals surface area contributed by atoms with Gasteiger partial charge in [0.2, 0.25) is 5.91 Å². The Bertz CT molecular complexity index is 395. The Balaban J connectivity index is 3.92. The summed E-state index contributed by atoms with van der Waals surface area (Å²) in [5.41, 5.74) is 5.56. The summed E-state index contributed by atoms with van der Waals surface area (Å²) >= 11 is 0. The molecule has 0 radical (unpaired) electrons. The molecule has 0 aliphatic rings. The van der Waals surface area contributed by atoms with Gasteiger partial charge < -0.3 is 11.1 Å². The third-order valence-corrected chi connectivity index (χ3v) is 4.90. The van der Waals surface area contributed by atoms with Crippen LogP contribution in [0, 0.1) is 0 Å². The maximum Gasteiger partial charge on any atom is 0.236 e. The smallest absolute Gasteiger partial charge is 0.236 e. The maximum absolute atomic E-state index is 11.5. The fraction of sp³-hybridized carbons (Fsp3) is 0.900. The summed E-state index contributed by atoms with van der Waals surface area (Å²) in [4.78, 5) is 11.5. The molecule has 6 nitrogen and oxygen atoms in total. The van der Waals surface area contributed by atoms with Gasteiger partial charge in [-0.25, -0.2) is 8.42 Å². The lowest BCUT2D eigenvalue weighted by atomic mass is 10.2. The Morgan fingerprint density at radius 2 is 1.94 bits per heavy atom. The van der Waals surface area contributed by atoms with Gasteiger partial charge in [0.15, 0.2) is 0 Å². The Morgan fingerprint density at radius 3 is 2.39 bits per heavy atom. The number of carbonyl (C=O) groups excluding carboxylic acids is 1. The van der Waals surface area contributed by atoms with E-state index >= 15 is 0 Å². The van der Waals surface area contributed by atoms with Gasteiger partial charge >= 0.3 is 0 Å². The molecule has 1 amide bonds. The molecule has 0 aromatic carbocycles. The van der Waals surface area contributed by atoms with E-state index in [1.807, 2.05) is 6.92 Å². The SMILES string of the molecule is CC(CCNC(=O)C(N)CCS(C)(=O)=O)S(C)=O. The molecule has 0 bridgehead atoms. The van der Waals surface area contributed by atoms with Crippen molar-refractivity contribution in [3.63, 3.8) is 0 Å². The first-order valence-corrected chi connectivity index (χ1v) is 9.35. The monoisotopic (exact) mass is 298 g/mol. The van der Waals surface area contributed by atoms with E-state index in [2.05, 4.69) is 5.32 Å². The van der Waals surface area contributed by atoms with Crippen molar-refractivity contribution in [2.45, 2.75) is 31.1 Å². The number of nitrogens with one attached hydrogen (secondary N) is 1. The number of hydrogen-bond donors (Lipinski definition) is 2. The standard InChI is InChI=1S/C10H22N2O4S2/c1-8(17(2)14)4-6-12-10(13)9(11)5-7-18(3,15)16/h8-9H,4-7,11H2,1-3H3,(H,12,13). The summed E-state index contributed by atoms with van der Waals surface area (Å²) in [6.07, 6.45) is 3.44. The average molecular weight is 298 g/mol. The minimum atomic E-state index is -3.10. The molecular weight excluding hydrogens is 276 g/mol. The van der Waals surface area contributed by atoms with E-state index in [-0.39, 0.29) is 23.3 Å². The van der Waals surface area contributed by atoms with Crippen LogP contribution < -0.4 is 11.1 Å². The van der Waals surface area contributed by atoms with Crippen molar-refractivity contribution in [2.24, 2.45) is 5.73 Å². The van der Waals surface area contributed by atoms with Crippen LogP contribution in [-0.2, 0) is 25.4 Å². The zero-order valence-electron chi connectivity index (χ0n) is 11.0. The summed E-state index contributed by atoms with van der Waals surface area (Å²) in [6, 6.07) is -0.817. The highest BCUT2D eigenvalue weighted by molar-refractivity contribution is 7.90. The van der Waals surface area contributed by atoms with Gasteiger partial charge in [-0.15, -0.1) is 0 Å². The molecule has 0 aliphatic heterocycles. The lowest BCUT2D eigenvalue weighted by molar-refractivity contribution is -0.122. The number of nitrogens with two attached hydrogens (primary N) is 1. The topological polar surface area (TPSA) is 106 Å². The van der Waals surface area contributed by atoms with Gasteiger partial charge in [-0.2, -0.15) is 0 Å². The summed E-state index contributed by atoms with van der Waals surface area (Å²) in [6.45, 7) is 2.23. The third-order valence-electron chi connectivity index (χ3n) is 2.55. The van der Waals surface area contributed by atoms with E-state index in [9.17, 15) is 17.4 Å². The summed E-state index contributed by atoms with van der Waals surface area (Å²) in [7, 11) is -4.01. The molecule has 0 rings (SSSR count). The molecule has 8 heteroatoms. The Labute approximate surface area is 111 Å². The average Bonchev–Trinajstić information content (AvgIpc) is 2.24. The van der Waals surface area contributed by atoms with Crippen LogP contribution in [0.4, 0.5) is 0 Å². The number of amides is 1. The fourth-order valence-electron chi connectivity index (χ4n) is 1.17. The molecule has 0 saturated heterocycles. The van der Waals surface area contributed by atoms with E-state index in [1.54, 1.807) is 6.26 Å². The Hall–Kier alpha value is -0.470. The lowest BCUT2D eigenvalue weighted by Crippen LogP contribution is -2.42. The van der Waals surface area contributed by atoms with E-state index in [0.29, 0.717) is 13.0 Å². The van der Waals surface area contributed by atoms with Crippen molar-refractivity contribution < 1.29 is 17.4 Å².